The number of aliphatic imine (C=N–C) groups is 1. The summed E-state index contributed by atoms with van der Waals surface area (Å²) in [6.45, 7) is 2.05. The Morgan fingerprint density at radius 1 is 1.04 bits per heavy atom. The molecule has 1 fully saturated rings. The van der Waals surface area contributed by atoms with Gasteiger partial charge >= 0.3 is 0 Å². The molecule has 2 aliphatic rings. The van der Waals surface area contributed by atoms with Gasteiger partial charge in [-0.15, -0.1) is 0 Å². The van der Waals surface area contributed by atoms with Crippen LogP contribution in [0.2, 0.25) is 0 Å². The average Bonchev–Trinajstić information content (AvgIpc) is 3.24. The van der Waals surface area contributed by atoms with Crippen LogP contribution in [0.4, 0.5) is 5.69 Å². The summed E-state index contributed by atoms with van der Waals surface area (Å²) < 4.78 is 11.8. The van der Waals surface area contributed by atoms with Crippen LogP contribution < -0.4 is 9.47 Å². The largest absolute Gasteiger partial charge is 0.493 e. The van der Waals surface area contributed by atoms with E-state index < -0.39 is 0 Å². The van der Waals surface area contributed by atoms with Gasteiger partial charge in [-0.3, -0.25) is 9.79 Å². The second kappa shape index (κ2) is 7.55. The van der Waals surface area contributed by atoms with Gasteiger partial charge in [0.15, 0.2) is 11.5 Å². The van der Waals surface area contributed by atoms with Crippen molar-refractivity contribution in [3.63, 3.8) is 0 Å². The third kappa shape index (κ3) is 3.61. The lowest BCUT2D eigenvalue weighted by Crippen LogP contribution is -2.16. The topological polar surface area (TPSA) is 47.9 Å². The summed E-state index contributed by atoms with van der Waals surface area (Å²) >= 11 is 0. The number of ether oxygens (including phenoxy) is 2. The lowest BCUT2D eigenvalue weighted by molar-refractivity contribution is -0.119. The Morgan fingerprint density at radius 3 is 2.44 bits per heavy atom. The molecule has 0 spiro atoms. The van der Waals surface area contributed by atoms with Gasteiger partial charge in [-0.25, -0.2) is 0 Å². The second-order valence-corrected chi connectivity index (χ2v) is 7.28. The maximum atomic E-state index is 12.0. The van der Waals surface area contributed by atoms with E-state index in [-0.39, 0.29) is 12.0 Å². The van der Waals surface area contributed by atoms with E-state index in [4.69, 9.17) is 14.5 Å². The highest BCUT2D eigenvalue weighted by molar-refractivity contribution is 6.11. The first-order valence-corrected chi connectivity index (χ1v) is 9.69. The first kappa shape index (κ1) is 17.8. The van der Waals surface area contributed by atoms with Gasteiger partial charge in [0, 0.05) is 31.0 Å². The van der Waals surface area contributed by atoms with Gasteiger partial charge in [0.1, 0.15) is 11.9 Å². The number of carbonyl (C=O) groups excluding carboxylic acids is 1. The zero-order chi connectivity index (χ0) is 18.8. The molecular weight excluding hydrogens is 338 g/mol. The highest BCUT2D eigenvalue weighted by atomic mass is 16.5. The molecule has 0 heterocycles. The predicted octanol–water partition coefficient (Wildman–Crippen LogP) is 4.70. The second-order valence-electron chi connectivity index (χ2n) is 7.28. The van der Waals surface area contributed by atoms with E-state index in [0.717, 1.165) is 42.8 Å². The van der Waals surface area contributed by atoms with E-state index in [9.17, 15) is 4.79 Å². The van der Waals surface area contributed by atoms with E-state index in [0.29, 0.717) is 18.0 Å². The molecule has 2 aliphatic carbocycles. The number of hydrogen-bond donors (Lipinski definition) is 0. The molecule has 0 bridgehead atoms. The minimum Gasteiger partial charge on any atom is -0.493 e. The highest BCUT2D eigenvalue weighted by Gasteiger charge is 2.29. The lowest BCUT2D eigenvalue weighted by Gasteiger charge is -2.16. The minimum absolute atomic E-state index is 0.0270. The molecule has 0 aliphatic heterocycles. The van der Waals surface area contributed by atoms with Gasteiger partial charge in [-0.05, 0) is 36.1 Å². The van der Waals surface area contributed by atoms with Gasteiger partial charge < -0.3 is 9.47 Å². The van der Waals surface area contributed by atoms with E-state index in [1.54, 1.807) is 7.11 Å². The molecule has 4 nitrogen and oxygen atoms in total. The highest BCUT2D eigenvalue weighted by Crippen LogP contribution is 2.36. The summed E-state index contributed by atoms with van der Waals surface area (Å²) in [6.07, 6.45) is 4.11. The fourth-order valence-corrected chi connectivity index (χ4v) is 4.16. The van der Waals surface area contributed by atoms with Gasteiger partial charge in [0.05, 0.1) is 18.7 Å². The molecule has 0 amide bonds. The van der Waals surface area contributed by atoms with Crippen molar-refractivity contribution >= 4 is 17.2 Å². The molecule has 2 aromatic carbocycles. The SMILES string of the molecule is CCC1C(=O)CCC1=Nc1ccc(OC)c(OC2Cc3ccccc3C2)c1. The van der Waals surface area contributed by atoms with Gasteiger partial charge in [-0.1, -0.05) is 31.2 Å². The van der Waals surface area contributed by atoms with Crippen molar-refractivity contribution in [1.29, 1.82) is 0 Å². The van der Waals surface area contributed by atoms with Crippen molar-refractivity contribution in [2.75, 3.05) is 7.11 Å². The number of methoxy groups -OCH3 is 1. The molecule has 4 heteroatoms. The standard InChI is InChI=1S/C23H25NO3/c1-3-19-20(9-10-21(19)25)24-17-8-11-22(26-2)23(14-17)27-18-12-15-6-4-5-7-16(15)13-18/h4-8,11,14,18-19H,3,9-10,12-13H2,1-2H3. The molecule has 0 N–H and O–H groups in total. The van der Waals surface area contributed by atoms with Gasteiger partial charge in [0.2, 0.25) is 0 Å². The number of nitrogens with zero attached hydrogens (tertiary/aromatic N) is 1. The summed E-state index contributed by atoms with van der Waals surface area (Å²) in [7, 11) is 1.65. The van der Waals surface area contributed by atoms with Gasteiger partial charge in [-0.2, -0.15) is 0 Å². The number of ketones is 1. The third-order valence-corrected chi connectivity index (χ3v) is 5.55. The van der Waals surface area contributed by atoms with Crippen LogP contribution in [-0.2, 0) is 17.6 Å². The first-order chi connectivity index (χ1) is 13.2. The summed E-state index contributed by atoms with van der Waals surface area (Å²) in [5.74, 6) is 1.71. The normalized spacial score (nSPS) is 20.9. The maximum Gasteiger partial charge on any atom is 0.163 e. The average molecular weight is 363 g/mol. The van der Waals surface area contributed by atoms with E-state index in [1.807, 2.05) is 25.1 Å². The Bertz CT molecular complexity index is 862. The number of fused-ring (bicyclic) bond motifs is 1. The van der Waals surface area contributed by atoms with Crippen LogP contribution >= 0.6 is 0 Å². The van der Waals surface area contributed by atoms with Crippen LogP contribution in [-0.4, -0.2) is 24.7 Å². The molecule has 27 heavy (non-hydrogen) atoms. The predicted molar refractivity (Wildman–Crippen MR) is 106 cm³/mol. The third-order valence-electron chi connectivity index (χ3n) is 5.55. The molecular formula is C23H25NO3. The molecule has 4 rings (SSSR count). The van der Waals surface area contributed by atoms with Crippen molar-refractivity contribution in [3.05, 3.63) is 53.6 Å². The zero-order valence-corrected chi connectivity index (χ0v) is 15.9. The Hall–Kier alpha value is -2.62. The Morgan fingerprint density at radius 2 is 1.78 bits per heavy atom. The smallest absolute Gasteiger partial charge is 0.163 e. The molecule has 0 aromatic heterocycles. The molecule has 0 radical (unpaired) electrons. The number of benzene rings is 2. The van der Waals surface area contributed by atoms with Gasteiger partial charge in [0.25, 0.3) is 0 Å². The maximum absolute atomic E-state index is 12.0. The van der Waals surface area contributed by atoms with E-state index in [1.165, 1.54) is 11.1 Å². The molecule has 1 atom stereocenters. The van der Waals surface area contributed by atoms with Crippen LogP contribution in [0.3, 0.4) is 0 Å². The molecule has 2 aromatic rings. The summed E-state index contributed by atoms with van der Waals surface area (Å²) in [4.78, 5) is 16.8. The fourth-order valence-electron chi connectivity index (χ4n) is 4.16. The molecule has 140 valence electrons. The first-order valence-electron chi connectivity index (χ1n) is 9.69. The van der Waals surface area contributed by atoms with Crippen LogP contribution in [0.15, 0.2) is 47.5 Å². The van der Waals surface area contributed by atoms with Crippen molar-refractivity contribution in [3.8, 4) is 11.5 Å². The van der Waals surface area contributed by atoms with Crippen LogP contribution in [0.1, 0.15) is 37.3 Å². The van der Waals surface area contributed by atoms with Crippen molar-refractivity contribution < 1.29 is 14.3 Å². The number of hydrogen-bond acceptors (Lipinski definition) is 4. The molecule has 1 unspecified atom stereocenters. The number of carbonyl (C=O) groups is 1. The number of Topliss-reactive ketones (excluding diaryl/α,β-unsaturated/α-hetero) is 1. The summed E-state index contributed by atoms with van der Waals surface area (Å²) in [5.41, 5.74) is 4.53. The zero-order valence-electron chi connectivity index (χ0n) is 15.9. The lowest BCUT2D eigenvalue weighted by atomic mass is 10.0. The fraction of sp³-hybridized carbons (Fsp3) is 0.391. The number of rotatable bonds is 5. The summed E-state index contributed by atoms with van der Waals surface area (Å²) in [5, 5.41) is 0. The summed E-state index contributed by atoms with van der Waals surface area (Å²) in [6, 6.07) is 14.2. The van der Waals surface area contributed by atoms with Crippen molar-refractivity contribution in [2.45, 2.75) is 45.1 Å². The van der Waals surface area contributed by atoms with E-state index in [2.05, 4.69) is 24.3 Å². The molecule has 0 saturated heterocycles. The van der Waals surface area contributed by atoms with Crippen LogP contribution in [0.25, 0.3) is 0 Å². The molecule has 1 saturated carbocycles. The Kier molecular flexibility index (Phi) is 4.97. The quantitative estimate of drug-likeness (QED) is 0.773. The van der Waals surface area contributed by atoms with Crippen molar-refractivity contribution in [1.82, 2.24) is 0 Å². The van der Waals surface area contributed by atoms with E-state index >= 15 is 0 Å². The van der Waals surface area contributed by atoms with Crippen LogP contribution in [0, 0.1) is 5.92 Å². The van der Waals surface area contributed by atoms with Crippen molar-refractivity contribution in [2.24, 2.45) is 10.9 Å². The Labute approximate surface area is 160 Å². The monoisotopic (exact) mass is 363 g/mol. The minimum atomic E-state index is -0.0270. The Balaban J connectivity index is 1.56. The van der Waals surface area contributed by atoms with Crippen LogP contribution in [0.5, 0.6) is 11.5 Å².